The van der Waals surface area contributed by atoms with Crippen LogP contribution in [0.1, 0.15) is 32.1 Å². The van der Waals surface area contributed by atoms with E-state index < -0.39 is 0 Å². The summed E-state index contributed by atoms with van der Waals surface area (Å²) in [6.45, 7) is 2.76. The predicted molar refractivity (Wildman–Crippen MR) is 64.5 cm³/mol. The molecule has 3 aliphatic rings. The van der Waals surface area contributed by atoms with Crippen molar-refractivity contribution in [3.8, 4) is 0 Å². The average molecular weight is 238 g/mol. The van der Waals surface area contributed by atoms with Crippen LogP contribution in [-0.2, 0) is 4.79 Å². The number of piperidine rings is 1. The summed E-state index contributed by atoms with van der Waals surface area (Å²) < 4.78 is 0. The van der Waals surface area contributed by atoms with Gasteiger partial charge in [0.15, 0.2) is 0 Å². The van der Waals surface area contributed by atoms with E-state index in [9.17, 15) is 4.79 Å². The molecule has 4 heteroatoms. The highest BCUT2D eigenvalue weighted by Gasteiger charge is 2.59. The van der Waals surface area contributed by atoms with Crippen LogP contribution in [0.25, 0.3) is 0 Å². The van der Waals surface area contributed by atoms with Crippen LogP contribution >= 0.6 is 0 Å². The van der Waals surface area contributed by atoms with Gasteiger partial charge in [0.2, 0.25) is 5.91 Å². The molecule has 1 aliphatic heterocycles. The molecule has 17 heavy (non-hydrogen) atoms. The lowest BCUT2D eigenvalue weighted by Gasteiger charge is -2.26. The van der Waals surface area contributed by atoms with Crippen LogP contribution in [-0.4, -0.2) is 48.2 Å². The summed E-state index contributed by atoms with van der Waals surface area (Å²) in [5.74, 6) is 0.584. The van der Waals surface area contributed by atoms with Crippen LogP contribution in [0, 0.1) is 11.3 Å². The van der Waals surface area contributed by atoms with Crippen molar-refractivity contribution in [1.29, 1.82) is 0 Å². The number of nitrogens with one attached hydrogen (secondary N) is 1. The fraction of sp³-hybridized carbons (Fsp3) is 0.923. The van der Waals surface area contributed by atoms with E-state index in [-0.39, 0.29) is 12.5 Å². The van der Waals surface area contributed by atoms with E-state index in [1.165, 1.54) is 0 Å². The molecule has 96 valence electrons. The quantitative estimate of drug-likeness (QED) is 0.743. The lowest BCUT2D eigenvalue weighted by molar-refractivity contribution is -0.134. The summed E-state index contributed by atoms with van der Waals surface area (Å²) in [6, 6.07) is 0.439. The number of aliphatic hydroxyl groups excluding tert-OH is 1. The minimum absolute atomic E-state index is 0.101. The Hall–Kier alpha value is -0.610. The highest BCUT2D eigenvalue weighted by molar-refractivity contribution is 5.83. The molecule has 1 saturated heterocycles. The van der Waals surface area contributed by atoms with Gasteiger partial charge in [0, 0.05) is 18.5 Å². The number of carbonyl (C=O) groups excluding carboxylic acids is 1. The molecular formula is C13H22N2O2. The van der Waals surface area contributed by atoms with Crippen molar-refractivity contribution in [2.24, 2.45) is 11.3 Å². The summed E-state index contributed by atoms with van der Waals surface area (Å²) >= 11 is 0. The summed E-state index contributed by atoms with van der Waals surface area (Å²) in [5.41, 5.74) is 0.324. The molecule has 0 radical (unpaired) electrons. The van der Waals surface area contributed by atoms with Crippen LogP contribution < -0.4 is 5.32 Å². The van der Waals surface area contributed by atoms with Crippen molar-refractivity contribution in [1.82, 2.24) is 10.2 Å². The van der Waals surface area contributed by atoms with E-state index in [2.05, 4.69) is 5.32 Å². The molecule has 0 aromatic carbocycles. The first kappa shape index (κ1) is 11.5. The monoisotopic (exact) mass is 238 g/mol. The van der Waals surface area contributed by atoms with Gasteiger partial charge in [-0.2, -0.15) is 0 Å². The third kappa shape index (κ3) is 2.08. The molecule has 3 rings (SSSR count). The first-order valence-corrected chi connectivity index (χ1v) is 6.89. The van der Waals surface area contributed by atoms with Crippen molar-refractivity contribution in [3.05, 3.63) is 0 Å². The van der Waals surface area contributed by atoms with Crippen LogP contribution in [0.15, 0.2) is 0 Å². The van der Waals surface area contributed by atoms with Crippen molar-refractivity contribution in [3.63, 3.8) is 0 Å². The van der Waals surface area contributed by atoms with Gasteiger partial charge in [-0.25, -0.2) is 0 Å². The van der Waals surface area contributed by atoms with Crippen molar-refractivity contribution >= 4 is 5.91 Å². The highest BCUT2D eigenvalue weighted by atomic mass is 16.3. The molecule has 1 amide bonds. The molecule has 1 atom stereocenters. The fourth-order valence-corrected chi connectivity index (χ4v) is 3.34. The molecule has 0 aromatic heterocycles. The van der Waals surface area contributed by atoms with Gasteiger partial charge < -0.3 is 15.3 Å². The van der Waals surface area contributed by atoms with Crippen molar-refractivity contribution < 1.29 is 9.90 Å². The van der Waals surface area contributed by atoms with E-state index in [1.54, 1.807) is 0 Å². The van der Waals surface area contributed by atoms with Crippen LogP contribution in [0.5, 0.6) is 0 Å². The van der Waals surface area contributed by atoms with Gasteiger partial charge in [-0.3, -0.25) is 4.79 Å². The number of hydrogen-bond acceptors (Lipinski definition) is 3. The Morgan fingerprint density at radius 1 is 1.35 bits per heavy atom. The normalized spacial score (nSPS) is 30.3. The van der Waals surface area contributed by atoms with Crippen molar-refractivity contribution in [2.45, 2.75) is 38.1 Å². The Bertz CT molecular complexity index is 309. The predicted octanol–water partition coefficient (Wildman–Crippen LogP) is 0.359. The molecule has 4 nitrogen and oxygen atoms in total. The molecule has 1 heterocycles. The summed E-state index contributed by atoms with van der Waals surface area (Å²) in [5, 5.41) is 12.4. The first-order valence-electron chi connectivity index (χ1n) is 6.89. The maximum absolute atomic E-state index is 12.4. The largest absolute Gasteiger partial charge is 0.395 e. The summed E-state index contributed by atoms with van der Waals surface area (Å²) in [7, 11) is 0. The first-order chi connectivity index (χ1) is 8.27. The summed E-state index contributed by atoms with van der Waals surface area (Å²) in [4.78, 5) is 14.4. The number of aliphatic hydroxyl groups is 1. The van der Waals surface area contributed by atoms with Crippen LogP contribution in [0.3, 0.4) is 0 Å². The minimum atomic E-state index is 0.101. The van der Waals surface area contributed by atoms with Gasteiger partial charge >= 0.3 is 0 Å². The Kier molecular flexibility index (Phi) is 2.87. The molecule has 2 aliphatic carbocycles. The lowest BCUT2D eigenvalue weighted by atomic mass is 9.91. The molecule has 2 N–H and O–H groups in total. The van der Waals surface area contributed by atoms with Gasteiger partial charge in [0.1, 0.15) is 0 Å². The van der Waals surface area contributed by atoms with Gasteiger partial charge in [-0.05, 0) is 50.6 Å². The third-order valence-electron chi connectivity index (χ3n) is 4.70. The second kappa shape index (κ2) is 4.25. The van der Waals surface area contributed by atoms with Gasteiger partial charge in [0.05, 0.1) is 6.61 Å². The molecule has 1 unspecified atom stereocenters. The Morgan fingerprint density at radius 3 is 2.65 bits per heavy atom. The topological polar surface area (TPSA) is 52.6 Å². The average Bonchev–Trinajstić information content (AvgIpc) is 3.23. The Balaban J connectivity index is 1.62. The molecule has 3 fully saturated rings. The molecule has 1 spiro atoms. The summed E-state index contributed by atoms with van der Waals surface area (Å²) in [6.07, 6.45) is 5.66. The lowest BCUT2D eigenvalue weighted by Crippen LogP contribution is -2.39. The number of nitrogens with zero attached hydrogens (tertiary/aromatic N) is 1. The second-order valence-corrected chi connectivity index (χ2v) is 5.86. The van der Waals surface area contributed by atoms with E-state index in [4.69, 9.17) is 5.11 Å². The number of carbonyl (C=O) groups is 1. The maximum atomic E-state index is 12.4. The zero-order chi connectivity index (χ0) is 11.9. The highest BCUT2D eigenvalue weighted by Crippen LogP contribution is 2.59. The van der Waals surface area contributed by atoms with Crippen LogP contribution in [0.2, 0.25) is 0 Å². The molecule has 2 saturated carbocycles. The Morgan fingerprint density at radius 2 is 2.06 bits per heavy atom. The second-order valence-electron chi connectivity index (χ2n) is 5.86. The minimum Gasteiger partial charge on any atom is -0.395 e. The third-order valence-corrected chi connectivity index (χ3v) is 4.70. The number of amides is 1. The zero-order valence-electron chi connectivity index (χ0n) is 10.3. The van der Waals surface area contributed by atoms with Crippen molar-refractivity contribution in [2.75, 3.05) is 26.2 Å². The number of rotatable bonds is 4. The van der Waals surface area contributed by atoms with E-state index >= 15 is 0 Å². The SMILES string of the molecule is O=C(C1CC12CCNCC2)N(CCO)C1CC1. The molecule has 0 bridgehead atoms. The maximum Gasteiger partial charge on any atom is 0.226 e. The fourth-order valence-electron chi connectivity index (χ4n) is 3.34. The van der Waals surface area contributed by atoms with Crippen LogP contribution in [0.4, 0.5) is 0 Å². The molecule has 0 aromatic rings. The number of hydrogen-bond donors (Lipinski definition) is 2. The van der Waals surface area contributed by atoms with Gasteiger partial charge in [-0.15, -0.1) is 0 Å². The van der Waals surface area contributed by atoms with E-state index in [0.717, 1.165) is 45.2 Å². The smallest absolute Gasteiger partial charge is 0.226 e. The standard InChI is InChI=1S/C13H22N2O2/c16-8-7-15(10-1-2-10)12(17)11-9-13(11)3-5-14-6-4-13/h10-11,14,16H,1-9H2. The van der Waals surface area contributed by atoms with E-state index in [0.29, 0.717) is 23.9 Å². The zero-order valence-corrected chi connectivity index (χ0v) is 10.3. The van der Waals surface area contributed by atoms with Gasteiger partial charge in [-0.1, -0.05) is 0 Å². The molecular weight excluding hydrogens is 216 g/mol. The Labute approximate surface area is 102 Å². The van der Waals surface area contributed by atoms with Gasteiger partial charge in [0.25, 0.3) is 0 Å². The van der Waals surface area contributed by atoms with E-state index in [1.807, 2.05) is 4.90 Å².